The molecule has 1 aromatic heterocycles. The molecule has 0 spiro atoms. The molecule has 0 aromatic carbocycles. The minimum atomic E-state index is -0.0972. The van der Waals surface area contributed by atoms with Crippen LogP contribution in [0.15, 0.2) is 0 Å². The zero-order chi connectivity index (χ0) is 17.7. The van der Waals surface area contributed by atoms with Gasteiger partial charge in [-0.15, -0.1) is 0 Å². The molecule has 1 saturated heterocycles. The number of likely N-dealkylation sites (tertiary alicyclic amines) is 1. The van der Waals surface area contributed by atoms with Gasteiger partial charge < -0.3 is 15.1 Å². The van der Waals surface area contributed by atoms with E-state index in [1.54, 1.807) is 23.9 Å². The number of nitrogens with zero attached hydrogens (tertiary/aromatic N) is 3. The highest BCUT2D eigenvalue weighted by molar-refractivity contribution is 5.80. The van der Waals surface area contributed by atoms with Crippen molar-refractivity contribution in [2.45, 2.75) is 39.5 Å². The number of carbonyl (C=O) groups excluding carboxylic acids is 2. The molecule has 0 aliphatic carbocycles. The van der Waals surface area contributed by atoms with E-state index in [2.05, 4.69) is 15.5 Å². The number of H-pyrrole nitrogens is 1. The third-order valence-corrected chi connectivity index (χ3v) is 4.63. The SMILES string of the molecule is Cc1n[nH]c(C)c1CCCNC(=O)C1CCCN(C(=O)N(C)C)C1. The fourth-order valence-corrected chi connectivity index (χ4v) is 3.21. The number of carbonyl (C=O) groups is 2. The average molecular weight is 335 g/mol. The molecule has 1 fully saturated rings. The fraction of sp³-hybridized carbons (Fsp3) is 0.706. The van der Waals surface area contributed by atoms with Gasteiger partial charge in [0.2, 0.25) is 5.91 Å². The van der Waals surface area contributed by atoms with Gasteiger partial charge in [0.25, 0.3) is 0 Å². The van der Waals surface area contributed by atoms with Crippen LogP contribution in [-0.2, 0) is 11.2 Å². The summed E-state index contributed by atoms with van der Waals surface area (Å²) in [4.78, 5) is 27.7. The average Bonchev–Trinajstić information content (AvgIpc) is 2.89. The Morgan fingerprint density at radius 2 is 2.12 bits per heavy atom. The molecule has 0 saturated carbocycles. The predicted octanol–water partition coefficient (Wildman–Crippen LogP) is 1.47. The normalized spacial score (nSPS) is 17.7. The zero-order valence-corrected chi connectivity index (χ0v) is 15.2. The lowest BCUT2D eigenvalue weighted by Crippen LogP contribution is -2.48. The number of hydrogen-bond donors (Lipinski definition) is 2. The van der Waals surface area contributed by atoms with E-state index in [-0.39, 0.29) is 17.9 Å². The summed E-state index contributed by atoms with van der Waals surface area (Å²) in [6, 6.07) is -0.0154. The second-order valence-electron chi connectivity index (χ2n) is 6.77. The Balaban J connectivity index is 1.75. The van der Waals surface area contributed by atoms with Crippen LogP contribution >= 0.6 is 0 Å². The lowest BCUT2D eigenvalue weighted by Gasteiger charge is -2.33. The van der Waals surface area contributed by atoms with Crippen LogP contribution in [0, 0.1) is 19.8 Å². The van der Waals surface area contributed by atoms with Gasteiger partial charge in [0.1, 0.15) is 0 Å². The van der Waals surface area contributed by atoms with Gasteiger partial charge in [0, 0.05) is 39.4 Å². The maximum atomic E-state index is 12.4. The van der Waals surface area contributed by atoms with Gasteiger partial charge in [0.05, 0.1) is 11.6 Å². The molecule has 1 atom stereocenters. The van der Waals surface area contributed by atoms with Crippen molar-refractivity contribution in [3.8, 4) is 0 Å². The summed E-state index contributed by atoms with van der Waals surface area (Å²) >= 11 is 0. The van der Waals surface area contributed by atoms with Gasteiger partial charge in [-0.1, -0.05) is 0 Å². The monoisotopic (exact) mass is 335 g/mol. The largest absolute Gasteiger partial charge is 0.356 e. The molecule has 1 aliphatic rings. The van der Waals surface area contributed by atoms with E-state index in [0.29, 0.717) is 13.1 Å². The minimum Gasteiger partial charge on any atom is -0.356 e. The summed E-state index contributed by atoms with van der Waals surface area (Å²) in [5.41, 5.74) is 3.37. The molecule has 7 nitrogen and oxygen atoms in total. The van der Waals surface area contributed by atoms with Crippen molar-refractivity contribution in [3.05, 3.63) is 17.0 Å². The minimum absolute atomic E-state index is 0.0154. The number of rotatable bonds is 5. The summed E-state index contributed by atoms with van der Waals surface area (Å²) < 4.78 is 0. The fourth-order valence-electron chi connectivity index (χ4n) is 3.21. The Kier molecular flexibility index (Phi) is 6.23. The molecular formula is C17H29N5O2. The van der Waals surface area contributed by atoms with Gasteiger partial charge in [-0.05, 0) is 45.1 Å². The Morgan fingerprint density at radius 1 is 1.38 bits per heavy atom. The van der Waals surface area contributed by atoms with E-state index in [1.807, 2.05) is 13.8 Å². The number of aryl methyl sites for hydroxylation is 2. The summed E-state index contributed by atoms with van der Waals surface area (Å²) in [6.45, 7) is 5.92. The van der Waals surface area contributed by atoms with Crippen LogP contribution in [0.2, 0.25) is 0 Å². The number of aromatic nitrogens is 2. The Hall–Kier alpha value is -2.05. The second kappa shape index (κ2) is 8.17. The van der Waals surface area contributed by atoms with E-state index < -0.39 is 0 Å². The first-order valence-corrected chi connectivity index (χ1v) is 8.64. The van der Waals surface area contributed by atoms with Crippen molar-refractivity contribution in [2.75, 3.05) is 33.7 Å². The Morgan fingerprint density at radius 3 is 2.75 bits per heavy atom. The van der Waals surface area contributed by atoms with Crippen molar-refractivity contribution < 1.29 is 9.59 Å². The van der Waals surface area contributed by atoms with Gasteiger partial charge >= 0.3 is 6.03 Å². The van der Waals surface area contributed by atoms with Crippen LogP contribution in [-0.4, -0.2) is 65.7 Å². The highest BCUT2D eigenvalue weighted by atomic mass is 16.2. The van der Waals surface area contributed by atoms with Gasteiger partial charge in [-0.2, -0.15) is 5.10 Å². The second-order valence-corrected chi connectivity index (χ2v) is 6.77. The van der Waals surface area contributed by atoms with Crippen LogP contribution in [0.25, 0.3) is 0 Å². The predicted molar refractivity (Wildman–Crippen MR) is 92.8 cm³/mol. The van der Waals surface area contributed by atoms with Crippen LogP contribution in [0.4, 0.5) is 4.79 Å². The molecule has 1 unspecified atom stereocenters. The molecule has 2 rings (SSSR count). The topological polar surface area (TPSA) is 81.3 Å². The van der Waals surface area contributed by atoms with Gasteiger partial charge in [-0.3, -0.25) is 9.89 Å². The zero-order valence-electron chi connectivity index (χ0n) is 15.2. The first-order chi connectivity index (χ1) is 11.4. The maximum absolute atomic E-state index is 12.4. The number of piperidine rings is 1. The van der Waals surface area contributed by atoms with Gasteiger partial charge in [-0.25, -0.2) is 4.79 Å². The Bertz CT molecular complexity index is 562. The summed E-state index contributed by atoms with van der Waals surface area (Å²) in [6.07, 6.45) is 3.53. The number of nitrogens with one attached hydrogen (secondary N) is 2. The van der Waals surface area contributed by atoms with Crippen LogP contribution < -0.4 is 5.32 Å². The van der Waals surface area contributed by atoms with Crippen molar-refractivity contribution in [1.29, 1.82) is 0 Å². The number of urea groups is 1. The third-order valence-electron chi connectivity index (χ3n) is 4.63. The van der Waals surface area contributed by atoms with Crippen LogP contribution in [0.1, 0.15) is 36.2 Å². The van der Waals surface area contributed by atoms with E-state index in [0.717, 1.165) is 43.6 Å². The molecule has 1 aromatic rings. The van der Waals surface area contributed by atoms with Crippen LogP contribution in [0.5, 0.6) is 0 Å². The molecule has 0 bridgehead atoms. The number of hydrogen-bond acceptors (Lipinski definition) is 3. The number of aromatic amines is 1. The first kappa shape index (κ1) is 18.3. The molecule has 0 radical (unpaired) electrons. The van der Waals surface area contributed by atoms with Crippen molar-refractivity contribution in [3.63, 3.8) is 0 Å². The van der Waals surface area contributed by atoms with E-state index >= 15 is 0 Å². The quantitative estimate of drug-likeness (QED) is 0.800. The maximum Gasteiger partial charge on any atom is 0.319 e. The Labute approximate surface area is 143 Å². The molecule has 3 amide bonds. The smallest absolute Gasteiger partial charge is 0.319 e. The third kappa shape index (κ3) is 4.49. The summed E-state index contributed by atoms with van der Waals surface area (Å²) in [7, 11) is 3.48. The molecule has 24 heavy (non-hydrogen) atoms. The van der Waals surface area contributed by atoms with Crippen molar-refractivity contribution in [2.24, 2.45) is 5.92 Å². The highest BCUT2D eigenvalue weighted by Gasteiger charge is 2.28. The summed E-state index contributed by atoms with van der Waals surface area (Å²) in [5, 5.41) is 10.2. The molecule has 2 heterocycles. The molecular weight excluding hydrogens is 306 g/mol. The highest BCUT2D eigenvalue weighted by Crippen LogP contribution is 2.17. The molecule has 2 N–H and O–H groups in total. The van der Waals surface area contributed by atoms with E-state index in [4.69, 9.17) is 0 Å². The molecule has 1 aliphatic heterocycles. The molecule has 7 heteroatoms. The lowest BCUT2D eigenvalue weighted by molar-refractivity contribution is -0.126. The van der Waals surface area contributed by atoms with Crippen molar-refractivity contribution in [1.82, 2.24) is 25.3 Å². The number of amides is 3. The van der Waals surface area contributed by atoms with Crippen LogP contribution in [0.3, 0.4) is 0 Å². The van der Waals surface area contributed by atoms with Gasteiger partial charge in [0.15, 0.2) is 0 Å². The van der Waals surface area contributed by atoms with Crippen molar-refractivity contribution >= 4 is 11.9 Å². The lowest BCUT2D eigenvalue weighted by atomic mass is 9.97. The standard InChI is InChI=1S/C17H29N5O2/c1-12-15(13(2)20-19-12)8-5-9-18-16(23)14-7-6-10-22(11-14)17(24)21(3)4/h14H,5-11H2,1-4H3,(H,18,23)(H,19,20). The summed E-state index contributed by atoms with van der Waals surface area (Å²) in [5.74, 6) is -0.0352. The molecule has 134 valence electrons. The first-order valence-electron chi connectivity index (χ1n) is 8.64. The van der Waals surface area contributed by atoms with E-state index in [9.17, 15) is 9.59 Å². The van der Waals surface area contributed by atoms with E-state index in [1.165, 1.54) is 5.56 Å².